The third-order valence-electron chi connectivity index (χ3n) is 2.28. The van der Waals surface area contributed by atoms with Crippen molar-refractivity contribution in [2.45, 2.75) is 39.8 Å². The van der Waals surface area contributed by atoms with Crippen molar-refractivity contribution in [1.29, 1.82) is 0 Å². The molecule has 0 saturated carbocycles. The first-order valence-corrected chi connectivity index (χ1v) is 5.40. The Labute approximate surface area is 99.6 Å². The van der Waals surface area contributed by atoms with Crippen LogP contribution in [0.15, 0.2) is 6.07 Å². The summed E-state index contributed by atoms with van der Waals surface area (Å²) in [4.78, 5) is 22.0. The summed E-state index contributed by atoms with van der Waals surface area (Å²) in [6, 6.07) is 1.51. The number of carboxylic acid groups (broad SMARTS) is 1. The molecule has 0 fully saturated rings. The fraction of sp³-hybridized carbons (Fsp3) is 0.545. The first-order chi connectivity index (χ1) is 7.88. The Morgan fingerprint density at radius 3 is 2.65 bits per heavy atom. The maximum absolute atomic E-state index is 11.6. The lowest BCUT2D eigenvalue weighted by atomic mass is 10.2. The Hall–Kier alpha value is -1.85. The standard InChI is InChI=1S/C11H17N3O3/c1-7(5-11(16)17)12-10(15)6-14-9(3)4-8(2)13-14/h4,7H,5-6H2,1-3H3,(H,12,15)(H,16,17). The van der Waals surface area contributed by atoms with Crippen LogP contribution in [0.2, 0.25) is 0 Å². The van der Waals surface area contributed by atoms with E-state index in [9.17, 15) is 9.59 Å². The van der Waals surface area contributed by atoms with Crippen LogP contribution in [0.25, 0.3) is 0 Å². The van der Waals surface area contributed by atoms with Gasteiger partial charge in [-0.2, -0.15) is 5.10 Å². The van der Waals surface area contributed by atoms with Crippen molar-refractivity contribution in [3.05, 3.63) is 17.5 Å². The Morgan fingerprint density at radius 1 is 1.53 bits per heavy atom. The zero-order valence-corrected chi connectivity index (χ0v) is 10.2. The molecule has 1 amide bonds. The van der Waals surface area contributed by atoms with E-state index in [1.54, 1.807) is 11.6 Å². The van der Waals surface area contributed by atoms with E-state index in [2.05, 4.69) is 10.4 Å². The minimum absolute atomic E-state index is 0.0805. The lowest BCUT2D eigenvalue weighted by Crippen LogP contribution is -2.36. The molecule has 0 bridgehead atoms. The molecule has 94 valence electrons. The maximum atomic E-state index is 11.6. The average molecular weight is 239 g/mol. The smallest absolute Gasteiger partial charge is 0.305 e. The van der Waals surface area contributed by atoms with Gasteiger partial charge in [0.15, 0.2) is 0 Å². The van der Waals surface area contributed by atoms with Gasteiger partial charge in [0.05, 0.1) is 12.1 Å². The highest BCUT2D eigenvalue weighted by Gasteiger charge is 2.12. The molecule has 17 heavy (non-hydrogen) atoms. The van der Waals surface area contributed by atoms with E-state index in [4.69, 9.17) is 5.11 Å². The first kappa shape index (κ1) is 13.2. The van der Waals surface area contributed by atoms with E-state index in [0.29, 0.717) is 0 Å². The predicted octanol–water partition coefficient (Wildman–Crippen LogP) is 0.479. The van der Waals surface area contributed by atoms with Gasteiger partial charge in [0, 0.05) is 11.7 Å². The van der Waals surface area contributed by atoms with Gasteiger partial charge in [-0.3, -0.25) is 14.3 Å². The summed E-state index contributed by atoms with van der Waals surface area (Å²) in [6.07, 6.45) is -0.0805. The summed E-state index contributed by atoms with van der Waals surface area (Å²) in [6.45, 7) is 5.50. The molecule has 6 heteroatoms. The van der Waals surface area contributed by atoms with Crippen molar-refractivity contribution in [3.63, 3.8) is 0 Å². The van der Waals surface area contributed by atoms with Crippen molar-refractivity contribution in [1.82, 2.24) is 15.1 Å². The van der Waals surface area contributed by atoms with E-state index in [1.807, 2.05) is 19.9 Å². The number of amides is 1. The lowest BCUT2D eigenvalue weighted by molar-refractivity contribution is -0.137. The summed E-state index contributed by atoms with van der Waals surface area (Å²) in [7, 11) is 0. The number of aromatic nitrogens is 2. The van der Waals surface area contributed by atoms with Gasteiger partial charge < -0.3 is 10.4 Å². The predicted molar refractivity (Wildman–Crippen MR) is 61.6 cm³/mol. The van der Waals surface area contributed by atoms with E-state index >= 15 is 0 Å². The minimum atomic E-state index is -0.927. The summed E-state index contributed by atoms with van der Waals surface area (Å²) in [5.74, 6) is -1.16. The third-order valence-corrected chi connectivity index (χ3v) is 2.28. The van der Waals surface area contributed by atoms with Gasteiger partial charge >= 0.3 is 5.97 Å². The lowest BCUT2D eigenvalue weighted by Gasteiger charge is -2.12. The van der Waals surface area contributed by atoms with Gasteiger partial charge in [-0.1, -0.05) is 0 Å². The van der Waals surface area contributed by atoms with E-state index in [1.165, 1.54) is 0 Å². The number of carbonyl (C=O) groups excluding carboxylic acids is 1. The molecular formula is C11H17N3O3. The zero-order valence-electron chi connectivity index (χ0n) is 10.2. The molecule has 1 aromatic rings. The topological polar surface area (TPSA) is 84.2 Å². The van der Waals surface area contributed by atoms with Crippen LogP contribution in [-0.2, 0) is 16.1 Å². The fourth-order valence-electron chi connectivity index (χ4n) is 1.60. The summed E-state index contributed by atoms with van der Waals surface area (Å²) < 4.78 is 1.60. The largest absolute Gasteiger partial charge is 0.481 e. The highest BCUT2D eigenvalue weighted by atomic mass is 16.4. The van der Waals surface area contributed by atoms with Crippen LogP contribution in [0.3, 0.4) is 0 Å². The molecule has 6 nitrogen and oxygen atoms in total. The second-order valence-corrected chi connectivity index (χ2v) is 4.15. The van der Waals surface area contributed by atoms with Gasteiger partial charge in [0.1, 0.15) is 6.54 Å². The Balaban J connectivity index is 2.50. The Kier molecular flexibility index (Phi) is 4.25. The molecule has 1 rings (SSSR count). The fourth-order valence-corrected chi connectivity index (χ4v) is 1.60. The van der Waals surface area contributed by atoms with Crippen molar-refractivity contribution in [3.8, 4) is 0 Å². The molecule has 0 aromatic carbocycles. The molecular weight excluding hydrogens is 222 g/mol. The molecule has 1 aromatic heterocycles. The second-order valence-electron chi connectivity index (χ2n) is 4.15. The van der Waals surface area contributed by atoms with Crippen LogP contribution < -0.4 is 5.32 Å². The number of aryl methyl sites for hydroxylation is 2. The highest BCUT2D eigenvalue weighted by molar-refractivity contribution is 5.77. The molecule has 1 unspecified atom stereocenters. The van der Waals surface area contributed by atoms with Crippen LogP contribution in [0.1, 0.15) is 24.7 Å². The highest BCUT2D eigenvalue weighted by Crippen LogP contribution is 2.01. The van der Waals surface area contributed by atoms with Gasteiger partial charge in [-0.15, -0.1) is 0 Å². The molecule has 1 atom stereocenters. The number of nitrogens with zero attached hydrogens (tertiary/aromatic N) is 2. The van der Waals surface area contributed by atoms with Gasteiger partial charge in [-0.05, 0) is 26.8 Å². The van der Waals surface area contributed by atoms with Crippen LogP contribution in [0.5, 0.6) is 0 Å². The number of nitrogens with one attached hydrogen (secondary N) is 1. The summed E-state index contributed by atoms with van der Waals surface area (Å²) in [5, 5.41) is 15.3. The number of carboxylic acids is 1. The molecule has 0 aliphatic carbocycles. The van der Waals surface area contributed by atoms with Crippen molar-refractivity contribution < 1.29 is 14.7 Å². The second kappa shape index (κ2) is 5.47. The van der Waals surface area contributed by atoms with Crippen LogP contribution in [-0.4, -0.2) is 32.8 Å². The molecule has 1 heterocycles. The van der Waals surface area contributed by atoms with Gasteiger partial charge in [0.2, 0.25) is 5.91 Å². The Morgan fingerprint density at radius 2 is 2.18 bits per heavy atom. The number of aliphatic carboxylic acids is 1. The van der Waals surface area contributed by atoms with Gasteiger partial charge in [-0.25, -0.2) is 0 Å². The van der Waals surface area contributed by atoms with E-state index in [0.717, 1.165) is 11.4 Å². The maximum Gasteiger partial charge on any atom is 0.305 e. The van der Waals surface area contributed by atoms with Gasteiger partial charge in [0.25, 0.3) is 0 Å². The molecule has 0 spiro atoms. The Bertz CT molecular complexity index is 426. The summed E-state index contributed by atoms with van der Waals surface area (Å²) in [5.41, 5.74) is 1.76. The third kappa shape index (κ3) is 4.26. The first-order valence-electron chi connectivity index (χ1n) is 5.40. The van der Waals surface area contributed by atoms with Crippen LogP contribution in [0, 0.1) is 13.8 Å². The van der Waals surface area contributed by atoms with Crippen molar-refractivity contribution in [2.75, 3.05) is 0 Å². The summed E-state index contributed by atoms with van der Waals surface area (Å²) >= 11 is 0. The van der Waals surface area contributed by atoms with E-state index < -0.39 is 5.97 Å². The average Bonchev–Trinajstić information content (AvgIpc) is 2.42. The number of hydrogen-bond acceptors (Lipinski definition) is 3. The SMILES string of the molecule is Cc1cc(C)n(CC(=O)NC(C)CC(=O)O)n1. The van der Waals surface area contributed by atoms with Crippen molar-refractivity contribution in [2.24, 2.45) is 0 Å². The normalized spacial score (nSPS) is 12.2. The van der Waals surface area contributed by atoms with E-state index in [-0.39, 0.29) is 24.9 Å². The number of hydrogen-bond donors (Lipinski definition) is 2. The zero-order chi connectivity index (χ0) is 13.0. The van der Waals surface area contributed by atoms with Crippen LogP contribution in [0.4, 0.5) is 0 Å². The molecule has 0 radical (unpaired) electrons. The molecule has 0 aliphatic rings. The number of carbonyl (C=O) groups is 2. The molecule has 0 aliphatic heterocycles. The molecule has 0 saturated heterocycles. The molecule has 2 N–H and O–H groups in total. The number of rotatable bonds is 5. The monoisotopic (exact) mass is 239 g/mol. The van der Waals surface area contributed by atoms with Crippen LogP contribution >= 0.6 is 0 Å². The van der Waals surface area contributed by atoms with Crippen molar-refractivity contribution >= 4 is 11.9 Å². The quantitative estimate of drug-likeness (QED) is 0.782. The minimum Gasteiger partial charge on any atom is -0.481 e.